The number of nitrogens with zero attached hydrogens (tertiary/aromatic N) is 1. The quantitative estimate of drug-likeness (QED) is 0.930. The number of aryl methyl sites for hydroxylation is 1. The Balaban J connectivity index is 1.82. The molecule has 1 saturated heterocycles. The second-order valence-corrected chi connectivity index (χ2v) is 8.09. The van der Waals surface area contributed by atoms with Gasteiger partial charge in [0.15, 0.2) is 0 Å². The van der Waals surface area contributed by atoms with Crippen molar-refractivity contribution in [3.8, 4) is 0 Å². The van der Waals surface area contributed by atoms with Crippen LogP contribution < -0.4 is 5.32 Å². The van der Waals surface area contributed by atoms with Crippen molar-refractivity contribution >= 4 is 15.7 Å². The summed E-state index contributed by atoms with van der Waals surface area (Å²) in [7, 11) is -3.33. The Kier molecular flexibility index (Phi) is 4.22. The maximum absolute atomic E-state index is 12.8. The highest BCUT2D eigenvalue weighted by Crippen LogP contribution is 2.30. The lowest BCUT2D eigenvalue weighted by atomic mass is 10.0. The maximum atomic E-state index is 12.8. The van der Waals surface area contributed by atoms with Crippen molar-refractivity contribution in [3.05, 3.63) is 23.8 Å². The average molecular weight is 308 g/mol. The maximum Gasteiger partial charge on any atom is 0.243 e. The van der Waals surface area contributed by atoms with Crippen LogP contribution in [0.15, 0.2) is 23.1 Å². The van der Waals surface area contributed by atoms with Crippen LogP contribution in [0.3, 0.4) is 0 Å². The van der Waals surface area contributed by atoms with Gasteiger partial charge < -0.3 is 5.32 Å². The van der Waals surface area contributed by atoms with E-state index < -0.39 is 10.0 Å². The second-order valence-electron chi connectivity index (χ2n) is 6.16. The first-order valence-electron chi connectivity index (χ1n) is 7.98. The van der Waals surface area contributed by atoms with Gasteiger partial charge in [-0.2, -0.15) is 4.31 Å². The van der Waals surface area contributed by atoms with Crippen LogP contribution in [0.2, 0.25) is 0 Å². The molecule has 0 spiro atoms. The number of rotatable bonds is 4. The topological polar surface area (TPSA) is 49.4 Å². The smallest absolute Gasteiger partial charge is 0.243 e. The molecule has 1 atom stereocenters. The third-order valence-electron chi connectivity index (χ3n) is 4.60. The Morgan fingerprint density at radius 3 is 3.05 bits per heavy atom. The highest BCUT2D eigenvalue weighted by Gasteiger charge is 2.32. The van der Waals surface area contributed by atoms with E-state index in [0.29, 0.717) is 23.9 Å². The Morgan fingerprint density at radius 1 is 1.38 bits per heavy atom. The van der Waals surface area contributed by atoms with Crippen LogP contribution in [0.5, 0.6) is 0 Å². The molecule has 4 nitrogen and oxygen atoms in total. The molecule has 0 radical (unpaired) electrons. The summed E-state index contributed by atoms with van der Waals surface area (Å²) in [6.07, 6.45) is 5.39. The predicted octanol–water partition coefficient (Wildman–Crippen LogP) is 2.86. The second kappa shape index (κ2) is 5.97. The molecular formula is C16H24N2O2S. The summed E-state index contributed by atoms with van der Waals surface area (Å²) in [6, 6.07) is 5.55. The standard InChI is InChI=1S/C16H24N2O2S/c1-2-4-13-8-10-18(12-13)21(19,20)15-7-6-14-5-3-9-17-16(14)11-15/h6-7,11,13,17H,2-5,8-10,12H2,1H3. The predicted molar refractivity (Wildman–Crippen MR) is 85.0 cm³/mol. The van der Waals surface area contributed by atoms with Gasteiger partial charge in [-0.05, 0) is 49.3 Å². The number of anilines is 1. The highest BCUT2D eigenvalue weighted by molar-refractivity contribution is 7.89. The molecule has 21 heavy (non-hydrogen) atoms. The SMILES string of the molecule is CCCC1CCN(S(=O)(=O)c2ccc3c(c2)NCCC3)C1. The molecule has 0 aromatic heterocycles. The largest absolute Gasteiger partial charge is 0.385 e. The average Bonchev–Trinajstić information content (AvgIpc) is 2.96. The Morgan fingerprint density at radius 2 is 2.24 bits per heavy atom. The van der Waals surface area contributed by atoms with Gasteiger partial charge in [0.2, 0.25) is 10.0 Å². The summed E-state index contributed by atoms with van der Waals surface area (Å²) < 4.78 is 27.2. The zero-order valence-electron chi connectivity index (χ0n) is 12.6. The molecule has 2 aliphatic rings. The van der Waals surface area contributed by atoms with E-state index in [9.17, 15) is 8.42 Å². The van der Waals surface area contributed by atoms with Gasteiger partial charge in [-0.25, -0.2) is 8.42 Å². The minimum Gasteiger partial charge on any atom is -0.385 e. The molecule has 2 heterocycles. The van der Waals surface area contributed by atoms with E-state index in [2.05, 4.69) is 12.2 Å². The summed E-state index contributed by atoms with van der Waals surface area (Å²) >= 11 is 0. The van der Waals surface area contributed by atoms with Crippen molar-refractivity contribution in [2.75, 3.05) is 25.0 Å². The van der Waals surface area contributed by atoms with E-state index >= 15 is 0 Å². The summed E-state index contributed by atoms with van der Waals surface area (Å²) in [5, 5.41) is 3.31. The Hall–Kier alpha value is -1.07. The van der Waals surface area contributed by atoms with Crippen molar-refractivity contribution < 1.29 is 8.42 Å². The Bertz CT molecular complexity index is 613. The lowest BCUT2D eigenvalue weighted by Gasteiger charge is -2.21. The first-order chi connectivity index (χ1) is 10.1. The zero-order valence-corrected chi connectivity index (χ0v) is 13.5. The fourth-order valence-corrected chi connectivity index (χ4v) is 4.97. The van der Waals surface area contributed by atoms with E-state index in [1.165, 1.54) is 5.56 Å². The van der Waals surface area contributed by atoms with Gasteiger partial charge in [-0.15, -0.1) is 0 Å². The van der Waals surface area contributed by atoms with Crippen LogP contribution in [-0.4, -0.2) is 32.4 Å². The number of sulfonamides is 1. The molecular weight excluding hydrogens is 284 g/mol. The molecule has 0 bridgehead atoms. The van der Waals surface area contributed by atoms with Crippen LogP contribution in [0.25, 0.3) is 0 Å². The molecule has 1 aromatic rings. The number of hydrogen-bond donors (Lipinski definition) is 1. The summed E-state index contributed by atoms with van der Waals surface area (Å²) in [5.74, 6) is 0.528. The molecule has 0 aliphatic carbocycles. The van der Waals surface area contributed by atoms with E-state index in [-0.39, 0.29) is 0 Å². The zero-order chi connectivity index (χ0) is 14.9. The van der Waals surface area contributed by atoms with E-state index in [0.717, 1.165) is 44.3 Å². The fourth-order valence-electron chi connectivity index (χ4n) is 3.41. The minimum atomic E-state index is -3.33. The molecule has 0 saturated carbocycles. The molecule has 5 heteroatoms. The summed E-state index contributed by atoms with van der Waals surface area (Å²) in [6.45, 7) is 4.43. The number of benzene rings is 1. The molecule has 3 rings (SSSR count). The van der Waals surface area contributed by atoms with Gasteiger partial charge in [-0.3, -0.25) is 0 Å². The monoisotopic (exact) mass is 308 g/mol. The van der Waals surface area contributed by atoms with Crippen molar-refractivity contribution in [2.45, 2.75) is 43.9 Å². The molecule has 1 N–H and O–H groups in total. The van der Waals surface area contributed by atoms with Gasteiger partial charge in [0.1, 0.15) is 0 Å². The summed E-state index contributed by atoms with van der Waals surface area (Å²) in [4.78, 5) is 0.438. The molecule has 2 aliphatic heterocycles. The third-order valence-corrected chi connectivity index (χ3v) is 6.46. The van der Waals surface area contributed by atoms with Crippen molar-refractivity contribution in [3.63, 3.8) is 0 Å². The van der Waals surface area contributed by atoms with Crippen molar-refractivity contribution in [2.24, 2.45) is 5.92 Å². The van der Waals surface area contributed by atoms with Crippen molar-refractivity contribution in [1.82, 2.24) is 4.31 Å². The molecule has 1 unspecified atom stereocenters. The minimum absolute atomic E-state index is 0.438. The molecule has 1 aromatic carbocycles. The molecule has 116 valence electrons. The molecule has 0 amide bonds. The van der Waals surface area contributed by atoms with Crippen molar-refractivity contribution in [1.29, 1.82) is 0 Å². The van der Waals surface area contributed by atoms with Crippen LogP contribution in [-0.2, 0) is 16.4 Å². The third kappa shape index (κ3) is 2.94. The Labute approximate surface area is 127 Å². The van der Waals surface area contributed by atoms with Gasteiger partial charge in [0.25, 0.3) is 0 Å². The van der Waals surface area contributed by atoms with Crippen LogP contribution in [0.4, 0.5) is 5.69 Å². The first-order valence-corrected chi connectivity index (χ1v) is 9.42. The van der Waals surface area contributed by atoms with Crippen LogP contribution in [0, 0.1) is 5.92 Å². The lowest BCUT2D eigenvalue weighted by Crippen LogP contribution is -2.29. The van der Waals surface area contributed by atoms with Gasteiger partial charge in [0.05, 0.1) is 4.90 Å². The number of hydrogen-bond acceptors (Lipinski definition) is 3. The van der Waals surface area contributed by atoms with Gasteiger partial charge >= 0.3 is 0 Å². The number of nitrogens with one attached hydrogen (secondary N) is 1. The first kappa shape index (κ1) is 14.9. The lowest BCUT2D eigenvalue weighted by molar-refractivity contribution is 0.444. The number of fused-ring (bicyclic) bond motifs is 1. The van der Waals surface area contributed by atoms with E-state index in [1.54, 1.807) is 10.4 Å². The molecule has 1 fully saturated rings. The summed E-state index contributed by atoms with van der Waals surface area (Å²) in [5.41, 5.74) is 2.22. The van der Waals surface area contributed by atoms with E-state index in [1.807, 2.05) is 12.1 Å². The van der Waals surface area contributed by atoms with E-state index in [4.69, 9.17) is 0 Å². The van der Waals surface area contributed by atoms with Gasteiger partial charge in [-0.1, -0.05) is 19.4 Å². The van der Waals surface area contributed by atoms with Crippen LogP contribution in [0.1, 0.15) is 38.2 Å². The fraction of sp³-hybridized carbons (Fsp3) is 0.625. The highest BCUT2D eigenvalue weighted by atomic mass is 32.2. The normalized spacial score (nSPS) is 22.8. The van der Waals surface area contributed by atoms with Crippen LogP contribution >= 0.6 is 0 Å². The van der Waals surface area contributed by atoms with Gasteiger partial charge in [0, 0.05) is 25.3 Å².